The number of nitrogens with zero attached hydrogens (tertiary/aromatic N) is 1. The van der Waals surface area contributed by atoms with Crippen molar-refractivity contribution in [3.63, 3.8) is 0 Å². The van der Waals surface area contributed by atoms with Crippen molar-refractivity contribution in [1.29, 1.82) is 0 Å². The molecule has 2 aromatic heterocycles. The zero-order chi connectivity index (χ0) is 20.0. The predicted molar refractivity (Wildman–Crippen MR) is 107 cm³/mol. The molecule has 0 aliphatic carbocycles. The second-order valence-electron chi connectivity index (χ2n) is 7.85. The van der Waals surface area contributed by atoms with Crippen molar-refractivity contribution in [3.05, 3.63) is 34.1 Å². The first-order chi connectivity index (χ1) is 12.6. The molecule has 7 nitrogen and oxygen atoms in total. The molecular weight excluding hydrogens is 345 g/mol. The Morgan fingerprint density at radius 3 is 2.41 bits per heavy atom. The maximum atomic E-state index is 11.9. The SMILES string of the molecule is COC(C)(C)C(C)(C)OBc1cc(-c2c(C)noc2C)cc2[nH]c(=O)[nH]c12. The van der Waals surface area contributed by atoms with E-state index in [2.05, 4.69) is 15.1 Å². The van der Waals surface area contributed by atoms with E-state index in [1.807, 2.05) is 53.7 Å². The van der Waals surface area contributed by atoms with Gasteiger partial charge >= 0.3 is 13.2 Å². The van der Waals surface area contributed by atoms with Crippen LogP contribution >= 0.6 is 0 Å². The number of aryl methyl sites for hydroxylation is 2. The van der Waals surface area contributed by atoms with Crippen LogP contribution < -0.4 is 11.2 Å². The van der Waals surface area contributed by atoms with Crippen LogP contribution in [0, 0.1) is 13.8 Å². The van der Waals surface area contributed by atoms with Crippen molar-refractivity contribution in [2.24, 2.45) is 0 Å². The second-order valence-corrected chi connectivity index (χ2v) is 7.85. The molecule has 0 unspecified atom stereocenters. The van der Waals surface area contributed by atoms with Crippen LogP contribution in [-0.4, -0.2) is 40.9 Å². The molecule has 0 saturated heterocycles. The summed E-state index contributed by atoms with van der Waals surface area (Å²) in [5, 5.41) is 4.03. The fourth-order valence-electron chi connectivity index (χ4n) is 3.05. The minimum atomic E-state index is -0.538. The highest BCUT2D eigenvalue weighted by atomic mass is 16.5. The predicted octanol–water partition coefficient (Wildman–Crippen LogP) is 2.33. The van der Waals surface area contributed by atoms with Crippen LogP contribution in [0.15, 0.2) is 21.5 Å². The summed E-state index contributed by atoms with van der Waals surface area (Å²) in [5.74, 6) is 0.734. The molecule has 0 bridgehead atoms. The first-order valence-electron chi connectivity index (χ1n) is 8.93. The van der Waals surface area contributed by atoms with Crippen LogP contribution in [0.2, 0.25) is 0 Å². The summed E-state index contributed by atoms with van der Waals surface area (Å²) in [6.45, 7) is 11.7. The number of aromatic nitrogens is 3. The van der Waals surface area contributed by atoms with Gasteiger partial charge in [-0.25, -0.2) is 4.79 Å². The number of rotatable bonds is 6. The highest BCUT2D eigenvalue weighted by molar-refractivity contribution is 6.51. The van der Waals surface area contributed by atoms with E-state index < -0.39 is 11.2 Å². The van der Waals surface area contributed by atoms with Gasteiger partial charge in [0, 0.05) is 12.7 Å². The third-order valence-corrected chi connectivity index (χ3v) is 5.58. The topological polar surface area (TPSA) is 93.1 Å². The van der Waals surface area contributed by atoms with Crippen molar-refractivity contribution in [2.75, 3.05) is 7.11 Å². The Hall–Kier alpha value is -2.32. The number of aromatic amines is 2. The summed E-state index contributed by atoms with van der Waals surface area (Å²) < 4.78 is 17.1. The van der Waals surface area contributed by atoms with Gasteiger partial charge in [0.2, 0.25) is 0 Å². The lowest BCUT2D eigenvalue weighted by Crippen LogP contribution is -2.50. The Bertz CT molecular complexity index is 1010. The van der Waals surface area contributed by atoms with E-state index in [9.17, 15) is 4.79 Å². The van der Waals surface area contributed by atoms with E-state index in [-0.39, 0.29) is 5.69 Å². The van der Waals surface area contributed by atoms with E-state index in [1.54, 1.807) is 7.11 Å². The zero-order valence-corrected chi connectivity index (χ0v) is 16.9. The molecule has 0 aliphatic rings. The average molecular weight is 371 g/mol. The van der Waals surface area contributed by atoms with Crippen molar-refractivity contribution in [1.82, 2.24) is 15.1 Å². The van der Waals surface area contributed by atoms with Gasteiger partial charge in [-0.15, -0.1) is 0 Å². The summed E-state index contributed by atoms with van der Waals surface area (Å²) in [7, 11) is 1.99. The number of methoxy groups -OCH3 is 1. The molecule has 2 N–H and O–H groups in total. The van der Waals surface area contributed by atoms with Crippen LogP contribution in [-0.2, 0) is 9.39 Å². The third kappa shape index (κ3) is 3.47. The lowest BCUT2D eigenvalue weighted by Gasteiger charge is -2.40. The molecule has 27 heavy (non-hydrogen) atoms. The largest absolute Gasteiger partial charge is 0.427 e. The Balaban J connectivity index is 2.06. The standard InChI is InChI=1S/C19H26BN3O4/c1-10-15(11(2)26-23-10)12-8-13(16-14(9-12)21-17(24)22-16)20-27-19(5,6)18(3,4)25-7/h8-9,20H,1-7H3,(H2,21,22,24). The van der Waals surface area contributed by atoms with Gasteiger partial charge in [-0.3, -0.25) is 0 Å². The fraction of sp³-hybridized carbons (Fsp3) is 0.474. The average Bonchev–Trinajstić information content (AvgIpc) is 3.13. The van der Waals surface area contributed by atoms with Gasteiger partial charge in [0.25, 0.3) is 0 Å². The first kappa shape index (κ1) is 19.4. The van der Waals surface area contributed by atoms with E-state index in [1.165, 1.54) is 0 Å². The molecule has 0 atom stereocenters. The monoisotopic (exact) mass is 371 g/mol. The van der Waals surface area contributed by atoms with E-state index in [0.29, 0.717) is 7.48 Å². The van der Waals surface area contributed by atoms with Crippen molar-refractivity contribution in [3.8, 4) is 11.1 Å². The quantitative estimate of drug-likeness (QED) is 0.649. The fourth-order valence-corrected chi connectivity index (χ4v) is 3.05. The zero-order valence-electron chi connectivity index (χ0n) is 16.9. The summed E-state index contributed by atoms with van der Waals surface area (Å²) in [6.07, 6.45) is 0. The van der Waals surface area contributed by atoms with Crippen molar-refractivity contribution >= 4 is 24.0 Å². The lowest BCUT2D eigenvalue weighted by molar-refractivity contribution is -0.114. The minimum Gasteiger partial charge on any atom is -0.427 e. The molecule has 0 saturated carbocycles. The van der Waals surface area contributed by atoms with E-state index in [0.717, 1.165) is 39.1 Å². The second kappa shape index (κ2) is 6.69. The molecule has 0 spiro atoms. The summed E-state index contributed by atoms with van der Waals surface area (Å²) in [5.41, 5.74) is 3.73. The Morgan fingerprint density at radius 1 is 1.11 bits per heavy atom. The number of ether oxygens (including phenoxy) is 1. The Kier molecular flexibility index (Phi) is 4.82. The molecule has 3 aromatic rings. The summed E-state index contributed by atoms with van der Waals surface area (Å²) in [4.78, 5) is 17.6. The number of fused-ring (bicyclic) bond motifs is 1. The smallest absolute Gasteiger partial charge is 0.323 e. The number of benzene rings is 1. The number of hydrogen-bond donors (Lipinski definition) is 2. The van der Waals surface area contributed by atoms with Gasteiger partial charge < -0.3 is 23.9 Å². The van der Waals surface area contributed by atoms with Gasteiger partial charge in [0.15, 0.2) is 0 Å². The lowest BCUT2D eigenvalue weighted by atomic mass is 9.80. The first-order valence-corrected chi connectivity index (χ1v) is 8.93. The van der Waals surface area contributed by atoms with E-state index in [4.69, 9.17) is 13.9 Å². The summed E-state index contributed by atoms with van der Waals surface area (Å²) in [6, 6.07) is 3.93. The van der Waals surface area contributed by atoms with Crippen LogP contribution in [0.3, 0.4) is 0 Å². The maximum absolute atomic E-state index is 11.9. The molecule has 2 heterocycles. The molecule has 0 radical (unpaired) electrons. The number of hydrogen-bond acceptors (Lipinski definition) is 5. The Labute approximate surface area is 158 Å². The number of H-pyrrole nitrogens is 2. The molecule has 144 valence electrons. The molecular formula is C19H26BN3O4. The molecule has 0 amide bonds. The van der Waals surface area contributed by atoms with Crippen LogP contribution in [0.25, 0.3) is 22.2 Å². The molecule has 0 aliphatic heterocycles. The van der Waals surface area contributed by atoms with Crippen LogP contribution in [0.4, 0.5) is 0 Å². The van der Waals surface area contributed by atoms with Crippen LogP contribution in [0.5, 0.6) is 0 Å². The van der Waals surface area contributed by atoms with Gasteiger partial charge in [0.1, 0.15) is 5.76 Å². The van der Waals surface area contributed by atoms with Gasteiger partial charge in [-0.05, 0) is 58.6 Å². The van der Waals surface area contributed by atoms with Crippen LogP contribution in [0.1, 0.15) is 39.1 Å². The van der Waals surface area contributed by atoms with Crippen molar-refractivity contribution in [2.45, 2.75) is 52.7 Å². The molecule has 3 rings (SSSR count). The third-order valence-electron chi connectivity index (χ3n) is 5.58. The highest BCUT2D eigenvalue weighted by Crippen LogP contribution is 2.30. The van der Waals surface area contributed by atoms with Gasteiger partial charge in [-0.2, -0.15) is 0 Å². The normalized spacial score (nSPS) is 12.7. The number of imidazole rings is 1. The maximum Gasteiger partial charge on any atom is 0.323 e. The number of nitrogens with one attached hydrogen (secondary N) is 2. The highest BCUT2D eigenvalue weighted by Gasteiger charge is 2.38. The van der Waals surface area contributed by atoms with Gasteiger partial charge in [-0.1, -0.05) is 11.2 Å². The van der Waals surface area contributed by atoms with Gasteiger partial charge in [0.05, 0.1) is 27.9 Å². The molecule has 1 aromatic carbocycles. The molecule has 0 fully saturated rings. The summed E-state index contributed by atoms with van der Waals surface area (Å²) >= 11 is 0. The Morgan fingerprint density at radius 2 is 1.81 bits per heavy atom. The van der Waals surface area contributed by atoms with E-state index >= 15 is 0 Å². The minimum absolute atomic E-state index is 0.251. The van der Waals surface area contributed by atoms with Crippen molar-refractivity contribution < 1.29 is 13.9 Å². The molecule has 8 heteroatoms.